The highest BCUT2D eigenvalue weighted by molar-refractivity contribution is 5.98. The summed E-state index contributed by atoms with van der Waals surface area (Å²) in [5.41, 5.74) is 5.04. The third-order valence-electron chi connectivity index (χ3n) is 3.92. The summed E-state index contributed by atoms with van der Waals surface area (Å²) in [4.78, 5) is 24.4. The topological polar surface area (TPSA) is 98.7 Å². The Morgan fingerprint density at radius 1 is 1.57 bits per heavy atom. The highest BCUT2D eigenvalue weighted by Gasteiger charge is 2.34. The zero-order chi connectivity index (χ0) is 16.3. The van der Waals surface area contributed by atoms with Crippen LogP contribution < -0.4 is 5.73 Å². The van der Waals surface area contributed by atoms with E-state index in [0.29, 0.717) is 19.4 Å². The predicted molar refractivity (Wildman–Crippen MR) is 84.2 cm³/mol. The van der Waals surface area contributed by atoms with Crippen LogP contribution in [0.2, 0.25) is 0 Å². The molecule has 0 saturated carbocycles. The molecule has 1 aliphatic heterocycles. The van der Waals surface area contributed by atoms with Crippen LogP contribution in [0.15, 0.2) is 18.2 Å². The number of halogens is 2. The van der Waals surface area contributed by atoms with Crippen LogP contribution in [-0.2, 0) is 4.74 Å². The first kappa shape index (κ1) is 19.3. The third-order valence-corrected chi connectivity index (χ3v) is 3.92. The van der Waals surface area contributed by atoms with E-state index < -0.39 is 22.3 Å². The first-order valence-electron chi connectivity index (χ1n) is 6.95. The van der Waals surface area contributed by atoms with E-state index in [0.717, 1.165) is 18.2 Å². The molecule has 1 heterocycles. The lowest BCUT2D eigenvalue weighted by molar-refractivity contribution is -0.385. The van der Waals surface area contributed by atoms with Crippen LogP contribution in [0.25, 0.3) is 0 Å². The number of benzene rings is 1. The number of nitro benzene ring substituents is 1. The fourth-order valence-corrected chi connectivity index (χ4v) is 2.71. The lowest BCUT2D eigenvalue weighted by Gasteiger charge is -2.38. The van der Waals surface area contributed by atoms with Crippen molar-refractivity contribution < 1.29 is 18.8 Å². The van der Waals surface area contributed by atoms with Gasteiger partial charge < -0.3 is 15.4 Å². The predicted octanol–water partition coefficient (Wildman–Crippen LogP) is 1.73. The van der Waals surface area contributed by atoms with E-state index in [2.05, 4.69) is 0 Å². The number of carbonyl (C=O) groups excluding carboxylic acids is 1. The van der Waals surface area contributed by atoms with Crippen molar-refractivity contribution in [1.29, 1.82) is 0 Å². The maximum absolute atomic E-state index is 13.4. The minimum Gasteiger partial charge on any atom is -0.381 e. The molecule has 0 bridgehead atoms. The van der Waals surface area contributed by atoms with Crippen LogP contribution in [0, 0.1) is 15.9 Å². The summed E-state index contributed by atoms with van der Waals surface area (Å²) >= 11 is 0. The van der Waals surface area contributed by atoms with Crippen molar-refractivity contribution >= 4 is 24.0 Å². The Bertz CT molecular complexity index is 587. The maximum atomic E-state index is 13.4. The van der Waals surface area contributed by atoms with Crippen molar-refractivity contribution in [3.05, 3.63) is 39.7 Å². The van der Waals surface area contributed by atoms with Gasteiger partial charge in [0.05, 0.1) is 11.0 Å². The standard InChI is InChI=1S/C14H18FN3O4.ClH/c1-22-11-4-5-17(10(7-11)8-16)14(19)12-6-9(15)2-3-13(12)18(20)21;/h2-3,6,10-11H,4-5,7-8,16H2,1H3;1H. The van der Waals surface area contributed by atoms with E-state index >= 15 is 0 Å². The molecule has 128 valence electrons. The molecule has 2 rings (SSSR count). The number of nitro groups is 1. The monoisotopic (exact) mass is 347 g/mol. The summed E-state index contributed by atoms with van der Waals surface area (Å²) < 4.78 is 18.7. The summed E-state index contributed by atoms with van der Waals surface area (Å²) in [5.74, 6) is -1.26. The van der Waals surface area contributed by atoms with Gasteiger partial charge in [0.25, 0.3) is 11.6 Å². The molecule has 2 unspecified atom stereocenters. The molecule has 0 aromatic heterocycles. The summed E-state index contributed by atoms with van der Waals surface area (Å²) in [6.07, 6.45) is 1.17. The van der Waals surface area contributed by atoms with Gasteiger partial charge in [-0.2, -0.15) is 0 Å². The number of nitrogens with two attached hydrogens (primary N) is 1. The minimum absolute atomic E-state index is 0. The van der Waals surface area contributed by atoms with Gasteiger partial charge in [0.2, 0.25) is 0 Å². The fraction of sp³-hybridized carbons (Fsp3) is 0.500. The molecular weight excluding hydrogens is 329 g/mol. The maximum Gasteiger partial charge on any atom is 0.282 e. The Hall–Kier alpha value is -1.77. The number of methoxy groups -OCH3 is 1. The molecular formula is C14H19ClFN3O4. The Morgan fingerprint density at radius 2 is 2.26 bits per heavy atom. The molecule has 0 spiro atoms. The lowest BCUT2D eigenvalue weighted by atomic mass is 9.98. The smallest absolute Gasteiger partial charge is 0.282 e. The molecule has 2 atom stereocenters. The molecule has 1 aromatic carbocycles. The fourth-order valence-electron chi connectivity index (χ4n) is 2.71. The van der Waals surface area contributed by atoms with Crippen LogP contribution >= 0.6 is 12.4 Å². The summed E-state index contributed by atoms with van der Waals surface area (Å²) in [5, 5.41) is 11.0. The number of hydrogen-bond acceptors (Lipinski definition) is 5. The number of carbonyl (C=O) groups is 1. The number of rotatable bonds is 4. The molecule has 1 amide bonds. The van der Waals surface area contributed by atoms with Crippen molar-refractivity contribution in [3.8, 4) is 0 Å². The van der Waals surface area contributed by atoms with E-state index in [-0.39, 0.29) is 36.7 Å². The summed E-state index contributed by atoms with van der Waals surface area (Å²) in [6, 6.07) is 2.58. The molecule has 1 aliphatic rings. The van der Waals surface area contributed by atoms with Gasteiger partial charge in [0.15, 0.2) is 0 Å². The number of nitrogens with zero attached hydrogens (tertiary/aromatic N) is 2. The van der Waals surface area contributed by atoms with Crippen molar-refractivity contribution in [2.24, 2.45) is 5.73 Å². The SMILES string of the molecule is COC1CCN(C(=O)c2cc(F)ccc2[N+](=O)[O-])C(CN)C1.Cl. The van der Waals surface area contributed by atoms with Gasteiger partial charge >= 0.3 is 0 Å². The third kappa shape index (κ3) is 4.15. The average Bonchev–Trinajstić information content (AvgIpc) is 2.53. The number of hydrogen-bond donors (Lipinski definition) is 1. The van der Waals surface area contributed by atoms with Crippen LogP contribution in [0.4, 0.5) is 10.1 Å². The normalized spacial score (nSPS) is 20.7. The van der Waals surface area contributed by atoms with Crippen molar-refractivity contribution in [2.45, 2.75) is 25.0 Å². The second kappa shape index (κ2) is 8.19. The first-order chi connectivity index (χ1) is 10.5. The van der Waals surface area contributed by atoms with Crippen LogP contribution in [0.5, 0.6) is 0 Å². The van der Waals surface area contributed by atoms with Crippen LogP contribution in [0.3, 0.4) is 0 Å². The van der Waals surface area contributed by atoms with Gasteiger partial charge in [-0.05, 0) is 25.0 Å². The highest BCUT2D eigenvalue weighted by atomic mass is 35.5. The molecule has 7 nitrogen and oxygen atoms in total. The summed E-state index contributed by atoms with van der Waals surface area (Å²) in [6.45, 7) is 0.585. The van der Waals surface area contributed by atoms with Gasteiger partial charge in [-0.25, -0.2) is 4.39 Å². The van der Waals surface area contributed by atoms with E-state index in [9.17, 15) is 19.3 Å². The molecule has 1 aromatic rings. The number of likely N-dealkylation sites (tertiary alicyclic amines) is 1. The van der Waals surface area contributed by atoms with Gasteiger partial charge in [0.1, 0.15) is 11.4 Å². The minimum atomic E-state index is -0.690. The van der Waals surface area contributed by atoms with E-state index in [4.69, 9.17) is 10.5 Å². The first-order valence-corrected chi connectivity index (χ1v) is 6.95. The van der Waals surface area contributed by atoms with E-state index in [1.807, 2.05) is 0 Å². The second-order valence-corrected chi connectivity index (χ2v) is 5.19. The Kier molecular flexibility index (Phi) is 6.86. The Labute approximate surface area is 139 Å². The number of piperidine rings is 1. The van der Waals surface area contributed by atoms with Gasteiger partial charge in [-0.3, -0.25) is 14.9 Å². The van der Waals surface area contributed by atoms with Crippen molar-refractivity contribution in [3.63, 3.8) is 0 Å². The van der Waals surface area contributed by atoms with Gasteiger partial charge in [0, 0.05) is 32.3 Å². The number of ether oxygens (including phenoxy) is 1. The molecule has 9 heteroatoms. The zero-order valence-electron chi connectivity index (χ0n) is 12.6. The van der Waals surface area contributed by atoms with E-state index in [1.165, 1.54) is 4.90 Å². The zero-order valence-corrected chi connectivity index (χ0v) is 13.4. The molecule has 23 heavy (non-hydrogen) atoms. The van der Waals surface area contributed by atoms with Crippen LogP contribution in [-0.4, -0.2) is 48.1 Å². The molecule has 1 saturated heterocycles. The van der Waals surface area contributed by atoms with E-state index in [1.54, 1.807) is 7.11 Å². The number of amides is 1. The largest absolute Gasteiger partial charge is 0.381 e. The molecule has 1 fully saturated rings. The lowest BCUT2D eigenvalue weighted by Crippen LogP contribution is -2.51. The Morgan fingerprint density at radius 3 is 2.83 bits per heavy atom. The molecule has 2 N–H and O–H groups in total. The molecule has 0 aliphatic carbocycles. The average molecular weight is 348 g/mol. The van der Waals surface area contributed by atoms with Crippen molar-refractivity contribution in [2.75, 3.05) is 20.2 Å². The van der Waals surface area contributed by atoms with Crippen molar-refractivity contribution in [1.82, 2.24) is 4.90 Å². The molecule has 0 radical (unpaired) electrons. The summed E-state index contributed by atoms with van der Waals surface area (Å²) in [7, 11) is 1.59. The quantitative estimate of drug-likeness (QED) is 0.660. The second-order valence-electron chi connectivity index (χ2n) is 5.19. The van der Waals surface area contributed by atoms with Gasteiger partial charge in [-0.15, -0.1) is 12.4 Å². The van der Waals surface area contributed by atoms with Crippen LogP contribution in [0.1, 0.15) is 23.2 Å². The Balaban J connectivity index is 0.00000264. The van der Waals surface area contributed by atoms with Gasteiger partial charge in [-0.1, -0.05) is 0 Å². The highest BCUT2D eigenvalue weighted by Crippen LogP contribution is 2.26.